The van der Waals surface area contributed by atoms with Crippen molar-refractivity contribution in [2.45, 2.75) is 38.2 Å². The van der Waals surface area contributed by atoms with Crippen LogP contribution in [0.1, 0.15) is 31.6 Å². The Morgan fingerprint density at radius 3 is 3.06 bits per heavy atom. The second-order valence-corrected chi connectivity index (χ2v) is 5.62. The summed E-state index contributed by atoms with van der Waals surface area (Å²) in [6, 6.07) is 1.98. The summed E-state index contributed by atoms with van der Waals surface area (Å²) in [6.45, 7) is 0. The molecule has 1 aliphatic carbocycles. The summed E-state index contributed by atoms with van der Waals surface area (Å²) in [5, 5.41) is 17.9. The van der Waals surface area contributed by atoms with E-state index >= 15 is 0 Å². The number of aliphatic hydroxyl groups is 1. The fraction of sp³-hybridized carbons (Fsp3) is 0.538. The number of thiophene rings is 1. The Kier molecular flexibility index (Phi) is 3.43. The number of aromatic nitrogens is 2. The predicted octanol–water partition coefficient (Wildman–Crippen LogP) is 2.89. The first-order valence-corrected chi connectivity index (χ1v) is 7.30. The van der Waals surface area contributed by atoms with Crippen LogP contribution in [0.2, 0.25) is 0 Å². The largest absolute Gasteiger partial charge is 0.393 e. The predicted molar refractivity (Wildman–Crippen MR) is 69.3 cm³/mol. The van der Waals surface area contributed by atoms with Crippen molar-refractivity contribution in [2.75, 3.05) is 0 Å². The van der Waals surface area contributed by atoms with Crippen LogP contribution in [-0.2, 0) is 6.42 Å². The van der Waals surface area contributed by atoms with E-state index in [9.17, 15) is 5.11 Å². The summed E-state index contributed by atoms with van der Waals surface area (Å²) in [5.74, 6) is 1.56. The van der Waals surface area contributed by atoms with Crippen molar-refractivity contribution < 1.29 is 9.63 Å². The lowest BCUT2D eigenvalue weighted by molar-refractivity contribution is 0.0657. The fourth-order valence-corrected chi connectivity index (χ4v) is 3.13. The quantitative estimate of drug-likeness (QED) is 0.926. The third-order valence-corrected chi connectivity index (χ3v) is 4.24. The lowest BCUT2D eigenvalue weighted by Crippen LogP contribution is -2.26. The van der Waals surface area contributed by atoms with Crippen LogP contribution >= 0.6 is 11.3 Å². The van der Waals surface area contributed by atoms with E-state index < -0.39 is 0 Å². The highest BCUT2D eigenvalue weighted by Gasteiger charge is 2.25. The van der Waals surface area contributed by atoms with Gasteiger partial charge in [0.05, 0.1) is 6.10 Å². The van der Waals surface area contributed by atoms with Gasteiger partial charge in [0.25, 0.3) is 0 Å². The van der Waals surface area contributed by atoms with Gasteiger partial charge in [0.2, 0.25) is 11.7 Å². The Morgan fingerprint density at radius 1 is 1.39 bits per heavy atom. The lowest BCUT2D eigenvalue weighted by Gasteiger charge is -2.26. The topological polar surface area (TPSA) is 59.2 Å². The molecule has 1 N–H and O–H groups in total. The Morgan fingerprint density at radius 2 is 2.28 bits per heavy atom. The third-order valence-electron chi connectivity index (χ3n) is 3.55. The number of hydrogen-bond acceptors (Lipinski definition) is 5. The highest BCUT2D eigenvalue weighted by atomic mass is 32.1. The Balaban J connectivity index is 1.70. The van der Waals surface area contributed by atoms with Crippen molar-refractivity contribution >= 4 is 11.3 Å². The van der Waals surface area contributed by atoms with Gasteiger partial charge in [0.15, 0.2) is 0 Å². The van der Waals surface area contributed by atoms with E-state index in [4.69, 9.17) is 4.52 Å². The molecule has 18 heavy (non-hydrogen) atoms. The highest BCUT2D eigenvalue weighted by molar-refractivity contribution is 7.08. The van der Waals surface area contributed by atoms with E-state index in [-0.39, 0.29) is 12.0 Å². The molecule has 1 fully saturated rings. The second-order valence-electron chi connectivity index (χ2n) is 4.84. The van der Waals surface area contributed by atoms with Crippen molar-refractivity contribution in [2.24, 2.45) is 5.92 Å². The minimum absolute atomic E-state index is 0.213. The van der Waals surface area contributed by atoms with Crippen LogP contribution in [0.25, 0.3) is 11.4 Å². The zero-order chi connectivity index (χ0) is 12.4. The van der Waals surface area contributed by atoms with E-state index in [0.29, 0.717) is 18.1 Å². The molecule has 2 atom stereocenters. The molecule has 1 saturated carbocycles. The summed E-state index contributed by atoms with van der Waals surface area (Å²) >= 11 is 1.62. The van der Waals surface area contributed by atoms with Gasteiger partial charge < -0.3 is 9.63 Å². The Bertz CT molecular complexity index is 495. The maximum atomic E-state index is 9.93. The number of nitrogens with zero attached hydrogens (tertiary/aromatic N) is 2. The lowest BCUT2D eigenvalue weighted by atomic mass is 9.84. The molecule has 2 aromatic rings. The van der Waals surface area contributed by atoms with Crippen LogP contribution in [0.3, 0.4) is 0 Å². The van der Waals surface area contributed by atoms with Crippen LogP contribution in [-0.4, -0.2) is 21.4 Å². The maximum Gasteiger partial charge on any atom is 0.227 e. The van der Waals surface area contributed by atoms with Gasteiger partial charge in [0.1, 0.15) is 0 Å². The average Bonchev–Trinajstić information content (AvgIpc) is 3.02. The van der Waals surface area contributed by atoms with Gasteiger partial charge in [-0.05, 0) is 30.2 Å². The summed E-state index contributed by atoms with van der Waals surface area (Å²) < 4.78 is 5.27. The average molecular weight is 264 g/mol. The summed E-state index contributed by atoms with van der Waals surface area (Å²) in [7, 11) is 0. The zero-order valence-electron chi connectivity index (χ0n) is 10.1. The molecule has 2 unspecified atom stereocenters. The normalized spacial score (nSPS) is 24.3. The maximum absolute atomic E-state index is 9.93. The molecule has 0 saturated heterocycles. The second kappa shape index (κ2) is 5.20. The molecular weight excluding hydrogens is 248 g/mol. The van der Waals surface area contributed by atoms with E-state index in [1.807, 2.05) is 16.8 Å². The molecule has 5 heteroatoms. The van der Waals surface area contributed by atoms with E-state index in [1.54, 1.807) is 11.3 Å². The van der Waals surface area contributed by atoms with Crippen LogP contribution < -0.4 is 0 Å². The molecule has 2 aromatic heterocycles. The van der Waals surface area contributed by atoms with Crippen molar-refractivity contribution in [3.8, 4) is 11.4 Å². The standard InChI is InChI=1S/C13H16N2O2S/c16-11-4-2-1-3-9(11)7-12-14-13(15-17-12)10-5-6-18-8-10/h5-6,8-9,11,16H,1-4,7H2. The molecule has 0 amide bonds. The summed E-state index contributed by atoms with van der Waals surface area (Å²) in [6.07, 6.45) is 4.75. The van der Waals surface area contributed by atoms with Gasteiger partial charge in [-0.25, -0.2) is 0 Å². The first-order valence-electron chi connectivity index (χ1n) is 6.36. The molecule has 0 bridgehead atoms. The fourth-order valence-electron chi connectivity index (χ4n) is 2.50. The van der Waals surface area contributed by atoms with Gasteiger partial charge in [0, 0.05) is 17.4 Å². The Labute approximate surface area is 110 Å². The zero-order valence-corrected chi connectivity index (χ0v) is 10.9. The smallest absolute Gasteiger partial charge is 0.227 e. The molecule has 4 nitrogen and oxygen atoms in total. The number of rotatable bonds is 3. The van der Waals surface area contributed by atoms with Crippen LogP contribution in [0.15, 0.2) is 21.3 Å². The van der Waals surface area contributed by atoms with Crippen molar-refractivity contribution in [1.29, 1.82) is 0 Å². The van der Waals surface area contributed by atoms with Gasteiger partial charge in [-0.3, -0.25) is 0 Å². The van der Waals surface area contributed by atoms with Crippen molar-refractivity contribution in [3.63, 3.8) is 0 Å². The molecule has 0 radical (unpaired) electrons. The van der Waals surface area contributed by atoms with E-state index in [0.717, 1.165) is 24.8 Å². The molecular formula is C13H16N2O2S. The van der Waals surface area contributed by atoms with E-state index in [1.165, 1.54) is 6.42 Å². The minimum Gasteiger partial charge on any atom is -0.393 e. The molecule has 96 valence electrons. The molecule has 0 spiro atoms. The highest BCUT2D eigenvalue weighted by Crippen LogP contribution is 2.27. The monoisotopic (exact) mass is 264 g/mol. The van der Waals surface area contributed by atoms with Gasteiger partial charge in [-0.2, -0.15) is 16.3 Å². The molecule has 3 rings (SSSR count). The van der Waals surface area contributed by atoms with Crippen LogP contribution in [0.5, 0.6) is 0 Å². The first kappa shape index (κ1) is 11.9. The summed E-state index contributed by atoms with van der Waals surface area (Å²) in [5.41, 5.74) is 0.999. The van der Waals surface area contributed by atoms with Gasteiger partial charge >= 0.3 is 0 Å². The van der Waals surface area contributed by atoms with Crippen LogP contribution in [0.4, 0.5) is 0 Å². The van der Waals surface area contributed by atoms with Crippen molar-refractivity contribution in [1.82, 2.24) is 10.1 Å². The minimum atomic E-state index is -0.213. The molecule has 2 heterocycles. The first-order chi connectivity index (χ1) is 8.83. The SMILES string of the molecule is OC1CCCCC1Cc1nc(-c2ccsc2)no1. The number of aliphatic hydroxyl groups excluding tert-OH is 1. The van der Waals surface area contributed by atoms with Crippen molar-refractivity contribution in [3.05, 3.63) is 22.7 Å². The molecule has 1 aliphatic rings. The summed E-state index contributed by atoms with van der Waals surface area (Å²) in [4.78, 5) is 4.40. The van der Waals surface area contributed by atoms with Crippen LogP contribution in [0, 0.1) is 5.92 Å². The number of hydrogen-bond donors (Lipinski definition) is 1. The van der Waals surface area contributed by atoms with Gasteiger partial charge in [-0.1, -0.05) is 18.0 Å². The molecule has 0 aliphatic heterocycles. The van der Waals surface area contributed by atoms with E-state index in [2.05, 4.69) is 10.1 Å². The van der Waals surface area contributed by atoms with Gasteiger partial charge in [-0.15, -0.1) is 0 Å². The third kappa shape index (κ3) is 2.47. The Hall–Kier alpha value is -1.20. The molecule has 0 aromatic carbocycles.